The lowest BCUT2D eigenvalue weighted by molar-refractivity contribution is -0.305. The number of piperidine rings is 3. The second-order valence-corrected chi connectivity index (χ2v) is 11.1. The van der Waals surface area contributed by atoms with Crippen molar-refractivity contribution in [1.82, 2.24) is 9.80 Å². The lowest BCUT2D eigenvalue weighted by atomic mass is 9.64. The van der Waals surface area contributed by atoms with Crippen molar-refractivity contribution in [2.24, 2.45) is 17.3 Å². The lowest BCUT2D eigenvalue weighted by Crippen LogP contribution is -2.67. The van der Waals surface area contributed by atoms with Crippen LogP contribution in [0.1, 0.15) is 96.3 Å². The average molecular weight is 373 g/mol. The molecule has 0 radical (unpaired) electrons. The van der Waals surface area contributed by atoms with Crippen LogP contribution in [0.5, 0.6) is 0 Å². The number of hydrogen-bond acceptors (Lipinski definition) is 3. The Labute approximate surface area is 166 Å². The Balaban J connectivity index is 1.35. The molecule has 2 aliphatic carbocycles. The van der Waals surface area contributed by atoms with Crippen molar-refractivity contribution in [2.75, 3.05) is 19.6 Å². The first-order valence-corrected chi connectivity index (χ1v) is 12.5. The molecule has 2 saturated carbocycles. The zero-order valence-corrected chi connectivity index (χ0v) is 17.3. The van der Waals surface area contributed by atoms with Crippen molar-refractivity contribution in [3.63, 3.8) is 0 Å². The molecule has 152 valence electrons. The molecule has 4 bridgehead atoms. The molecule has 0 amide bonds. The van der Waals surface area contributed by atoms with Gasteiger partial charge in [-0.15, -0.1) is 0 Å². The summed E-state index contributed by atoms with van der Waals surface area (Å²) in [6.07, 6.45) is 21.8. The van der Waals surface area contributed by atoms with Crippen LogP contribution in [0.25, 0.3) is 0 Å². The summed E-state index contributed by atoms with van der Waals surface area (Å²) < 4.78 is 7.53. The van der Waals surface area contributed by atoms with Gasteiger partial charge in [-0.25, -0.2) is 0 Å². The van der Waals surface area contributed by atoms with E-state index in [-0.39, 0.29) is 5.72 Å². The Hall–Kier alpha value is -0.120. The molecule has 4 saturated heterocycles. The molecule has 0 N–H and O–H groups in total. The Bertz CT molecular complexity index is 563. The second-order valence-electron chi connectivity index (χ2n) is 11.1. The van der Waals surface area contributed by atoms with Crippen molar-refractivity contribution < 1.29 is 4.74 Å². The summed E-state index contributed by atoms with van der Waals surface area (Å²) in [7, 11) is 0. The predicted molar refractivity (Wildman–Crippen MR) is 108 cm³/mol. The van der Waals surface area contributed by atoms with Gasteiger partial charge in [0.15, 0.2) is 0 Å². The van der Waals surface area contributed by atoms with Gasteiger partial charge in [0, 0.05) is 31.1 Å². The zero-order chi connectivity index (χ0) is 17.9. The summed E-state index contributed by atoms with van der Waals surface area (Å²) in [5, 5.41) is 0. The fourth-order valence-electron chi connectivity index (χ4n) is 8.66. The molecule has 0 spiro atoms. The Morgan fingerprint density at radius 2 is 1.56 bits per heavy atom. The van der Waals surface area contributed by atoms with Crippen LogP contribution in [0.3, 0.4) is 0 Å². The highest BCUT2D eigenvalue weighted by Crippen LogP contribution is 2.63. The Morgan fingerprint density at radius 3 is 2.56 bits per heavy atom. The average Bonchev–Trinajstić information content (AvgIpc) is 3.30. The minimum atomic E-state index is 0.0799. The van der Waals surface area contributed by atoms with Gasteiger partial charge in [0.2, 0.25) is 0 Å². The van der Waals surface area contributed by atoms with Gasteiger partial charge in [0.1, 0.15) is 12.0 Å². The van der Waals surface area contributed by atoms with Crippen molar-refractivity contribution in [3.05, 3.63) is 0 Å². The zero-order valence-electron chi connectivity index (χ0n) is 17.3. The van der Waals surface area contributed by atoms with Crippen LogP contribution in [-0.4, -0.2) is 47.4 Å². The normalized spacial score (nSPS) is 52.7. The molecule has 3 heteroatoms. The largest absolute Gasteiger partial charge is 0.342 e. The quantitative estimate of drug-likeness (QED) is 0.681. The topological polar surface area (TPSA) is 15.7 Å². The van der Waals surface area contributed by atoms with Crippen LogP contribution >= 0.6 is 0 Å². The molecule has 6 fully saturated rings. The van der Waals surface area contributed by atoms with Gasteiger partial charge in [-0.05, 0) is 95.3 Å². The molecular weight excluding hydrogens is 332 g/mol. The fraction of sp³-hybridized carbons (Fsp3) is 1.00. The first-order chi connectivity index (χ1) is 13.3. The summed E-state index contributed by atoms with van der Waals surface area (Å²) in [6, 6.07) is 0.826. The highest BCUT2D eigenvalue weighted by Gasteiger charge is 2.63. The molecule has 27 heavy (non-hydrogen) atoms. The summed E-state index contributed by atoms with van der Waals surface area (Å²) in [5.74, 6) is 1.97. The van der Waals surface area contributed by atoms with Gasteiger partial charge in [-0.2, -0.15) is 0 Å². The maximum Gasteiger partial charge on any atom is 0.129 e. The SMILES string of the molecule is C1CC2CCC(OC3(C45CCCC(CC4)C5)CCCC4CCCN43)N(C1)C2. The van der Waals surface area contributed by atoms with Gasteiger partial charge in [0.25, 0.3) is 0 Å². The van der Waals surface area contributed by atoms with Crippen LogP contribution in [0.4, 0.5) is 0 Å². The van der Waals surface area contributed by atoms with Crippen LogP contribution in [0.2, 0.25) is 0 Å². The maximum atomic E-state index is 7.53. The summed E-state index contributed by atoms with van der Waals surface area (Å²) in [6.45, 7) is 3.92. The molecule has 4 aliphatic heterocycles. The van der Waals surface area contributed by atoms with E-state index in [9.17, 15) is 0 Å². The first-order valence-electron chi connectivity index (χ1n) is 12.5. The summed E-state index contributed by atoms with van der Waals surface area (Å²) in [4.78, 5) is 5.71. The lowest BCUT2D eigenvalue weighted by Gasteiger charge is -2.61. The predicted octanol–water partition coefficient (Wildman–Crippen LogP) is 5.15. The minimum Gasteiger partial charge on any atom is -0.342 e. The van der Waals surface area contributed by atoms with Crippen molar-refractivity contribution in [3.8, 4) is 0 Å². The third-order valence-corrected chi connectivity index (χ3v) is 9.81. The highest BCUT2D eigenvalue weighted by molar-refractivity contribution is 5.10. The van der Waals surface area contributed by atoms with Crippen LogP contribution < -0.4 is 0 Å². The molecule has 7 unspecified atom stereocenters. The summed E-state index contributed by atoms with van der Waals surface area (Å²) >= 11 is 0. The molecule has 7 atom stereocenters. The van der Waals surface area contributed by atoms with E-state index in [4.69, 9.17) is 4.74 Å². The number of ether oxygens (including phenoxy) is 1. The highest BCUT2D eigenvalue weighted by atomic mass is 16.5. The van der Waals surface area contributed by atoms with Gasteiger partial charge >= 0.3 is 0 Å². The van der Waals surface area contributed by atoms with Crippen LogP contribution in [0.15, 0.2) is 0 Å². The van der Waals surface area contributed by atoms with E-state index in [0.29, 0.717) is 11.6 Å². The molecule has 3 nitrogen and oxygen atoms in total. The monoisotopic (exact) mass is 372 g/mol. The fourth-order valence-corrected chi connectivity index (χ4v) is 8.66. The summed E-state index contributed by atoms with van der Waals surface area (Å²) in [5.41, 5.74) is 0.558. The Kier molecular flexibility index (Phi) is 4.40. The Morgan fingerprint density at radius 1 is 0.704 bits per heavy atom. The van der Waals surface area contributed by atoms with Crippen molar-refractivity contribution >= 4 is 0 Å². The molecule has 0 aromatic rings. The van der Waals surface area contributed by atoms with E-state index in [1.165, 1.54) is 116 Å². The number of rotatable bonds is 3. The smallest absolute Gasteiger partial charge is 0.129 e. The number of hydrogen-bond donors (Lipinski definition) is 0. The van der Waals surface area contributed by atoms with Crippen molar-refractivity contribution in [1.29, 1.82) is 0 Å². The van der Waals surface area contributed by atoms with Crippen molar-refractivity contribution in [2.45, 2.75) is 114 Å². The van der Waals surface area contributed by atoms with Gasteiger partial charge in [-0.1, -0.05) is 12.8 Å². The molecule has 4 heterocycles. The van der Waals surface area contributed by atoms with Crippen LogP contribution in [0, 0.1) is 17.3 Å². The van der Waals surface area contributed by atoms with Gasteiger partial charge in [-0.3, -0.25) is 9.80 Å². The molecule has 0 aromatic carbocycles. The first kappa shape index (κ1) is 17.7. The third kappa shape index (κ3) is 2.70. The molecule has 6 rings (SSSR count). The minimum absolute atomic E-state index is 0.0799. The third-order valence-electron chi connectivity index (χ3n) is 9.81. The molecule has 6 aliphatic rings. The van der Waals surface area contributed by atoms with E-state index < -0.39 is 0 Å². The molecule has 0 aromatic heterocycles. The van der Waals surface area contributed by atoms with E-state index in [0.717, 1.165) is 17.9 Å². The standard InChI is InChI=1S/C24H40N2O/c1-5-19-11-14-23(12-1,17-19)24(13-2-7-21-8-4-16-26(21)24)27-22-10-9-20-6-3-15-25(22)18-20/h19-22H,1-18H2. The van der Waals surface area contributed by atoms with E-state index in [1.54, 1.807) is 0 Å². The maximum absolute atomic E-state index is 7.53. The van der Waals surface area contributed by atoms with E-state index in [1.807, 2.05) is 0 Å². The number of fused-ring (bicyclic) bond motifs is 5. The van der Waals surface area contributed by atoms with Crippen LogP contribution in [-0.2, 0) is 4.74 Å². The molecular formula is C24H40N2O. The van der Waals surface area contributed by atoms with Gasteiger partial charge < -0.3 is 4.74 Å². The number of nitrogens with zero attached hydrogens (tertiary/aromatic N) is 2. The van der Waals surface area contributed by atoms with E-state index in [2.05, 4.69) is 9.80 Å². The van der Waals surface area contributed by atoms with Gasteiger partial charge in [0.05, 0.1) is 0 Å². The second kappa shape index (κ2) is 6.71. The van der Waals surface area contributed by atoms with E-state index >= 15 is 0 Å².